The molecule has 1 saturated carbocycles. The van der Waals surface area contributed by atoms with Gasteiger partial charge in [-0.3, -0.25) is 0 Å². The minimum absolute atomic E-state index is 0.526. The summed E-state index contributed by atoms with van der Waals surface area (Å²) in [6.07, 6.45) is 4.17. The van der Waals surface area contributed by atoms with E-state index in [0.717, 1.165) is 11.8 Å². The highest BCUT2D eigenvalue weighted by Crippen LogP contribution is 2.46. The fraction of sp³-hybridized carbons (Fsp3) is 0.684. The van der Waals surface area contributed by atoms with Gasteiger partial charge < -0.3 is 0 Å². The van der Waals surface area contributed by atoms with Crippen LogP contribution in [0.4, 0.5) is 0 Å². The molecule has 0 amide bonds. The van der Waals surface area contributed by atoms with E-state index in [1.54, 1.807) is 0 Å². The van der Waals surface area contributed by atoms with Crippen molar-refractivity contribution in [3.05, 3.63) is 34.9 Å². The summed E-state index contributed by atoms with van der Waals surface area (Å²) >= 11 is 4.03. The normalized spacial score (nSPS) is 24.6. The number of benzene rings is 1. The van der Waals surface area contributed by atoms with Crippen LogP contribution in [0.15, 0.2) is 18.2 Å². The maximum Gasteiger partial charge on any atom is 0.0428 e. The van der Waals surface area contributed by atoms with Crippen molar-refractivity contribution in [1.29, 1.82) is 0 Å². The molecule has 0 spiro atoms. The Morgan fingerprint density at radius 3 is 2.20 bits per heavy atom. The van der Waals surface area contributed by atoms with Crippen LogP contribution in [0, 0.1) is 11.8 Å². The monoisotopic (exact) mass is 336 g/mol. The number of rotatable bonds is 4. The lowest BCUT2D eigenvalue weighted by atomic mass is 9.84. The van der Waals surface area contributed by atoms with E-state index in [1.807, 2.05) is 0 Å². The first-order chi connectivity index (χ1) is 9.41. The van der Waals surface area contributed by atoms with Gasteiger partial charge in [-0.05, 0) is 46.8 Å². The van der Waals surface area contributed by atoms with Crippen LogP contribution in [0.2, 0.25) is 0 Å². The summed E-state index contributed by atoms with van der Waals surface area (Å²) in [5.74, 6) is 2.86. The Balaban J connectivity index is 2.35. The Bertz CT molecular complexity index is 447. The first-order valence-electron chi connectivity index (χ1n) is 8.19. The molecular weight excluding hydrogens is 308 g/mol. The Kier molecular flexibility index (Phi) is 5.34. The maximum absolute atomic E-state index is 4.03. The summed E-state index contributed by atoms with van der Waals surface area (Å²) in [5.41, 5.74) is 4.54. The maximum atomic E-state index is 4.03. The summed E-state index contributed by atoms with van der Waals surface area (Å²) in [7, 11) is 0. The third-order valence-electron chi connectivity index (χ3n) is 5.00. The highest BCUT2D eigenvalue weighted by Gasteiger charge is 2.31. The minimum atomic E-state index is 0.526. The van der Waals surface area contributed by atoms with Crippen LogP contribution >= 0.6 is 15.9 Å². The minimum Gasteiger partial charge on any atom is -0.0836 e. The summed E-state index contributed by atoms with van der Waals surface area (Å²) in [4.78, 5) is 0.526. The molecule has 3 atom stereocenters. The van der Waals surface area contributed by atoms with Gasteiger partial charge in [-0.2, -0.15) is 0 Å². The third kappa shape index (κ3) is 3.30. The number of halogens is 1. The SMILES string of the molecule is CC(C)c1ccc(C(Br)C2CCCC2C)c(C(C)C)c1. The molecule has 0 N–H and O–H groups in total. The van der Waals surface area contributed by atoms with Gasteiger partial charge in [0.25, 0.3) is 0 Å². The van der Waals surface area contributed by atoms with E-state index in [4.69, 9.17) is 0 Å². The molecule has 0 heterocycles. The van der Waals surface area contributed by atoms with Crippen LogP contribution in [0.3, 0.4) is 0 Å². The molecule has 1 aliphatic rings. The molecule has 0 nitrogen and oxygen atoms in total. The first kappa shape index (κ1) is 16.1. The average Bonchev–Trinajstić information content (AvgIpc) is 2.83. The molecule has 1 fully saturated rings. The van der Waals surface area contributed by atoms with Gasteiger partial charge in [0.15, 0.2) is 0 Å². The van der Waals surface area contributed by atoms with Gasteiger partial charge in [0.1, 0.15) is 0 Å². The van der Waals surface area contributed by atoms with E-state index in [-0.39, 0.29) is 0 Å². The molecule has 1 aromatic carbocycles. The summed E-state index contributed by atoms with van der Waals surface area (Å²) in [6.45, 7) is 11.6. The summed E-state index contributed by atoms with van der Waals surface area (Å²) in [5, 5.41) is 0. The summed E-state index contributed by atoms with van der Waals surface area (Å²) < 4.78 is 0. The fourth-order valence-corrected chi connectivity index (χ4v) is 4.75. The van der Waals surface area contributed by atoms with Gasteiger partial charge in [-0.15, -0.1) is 0 Å². The number of alkyl halides is 1. The van der Waals surface area contributed by atoms with Crippen LogP contribution in [-0.2, 0) is 0 Å². The second kappa shape index (κ2) is 6.64. The predicted octanol–water partition coefficient (Wildman–Crippen LogP) is 6.81. The third-order valence-corrected chi connectivity index (χ3v) is 6.17. The number of hydrogen-bond donors (Lipinski definition) is 0. The van der Waals surface area contributed by atoms with Crippen LogP contribution < -0.4 is 0 Å². The van der Waals surface area contributed by atoms with Gasteiger partial charge in [0.2, 0.25) is 0 Å². The molecule has 112 valence electrons. The molecular formula is C19H29Br. The smallest absolute Gasteiger partial charge is 0.0428 e. The molecule has 2 rings (SSSR count). The molecule has 20 heavy (non-hydrogen) atoms. The van der Waals surface area contributed by atoms with E-state index in [0.29, 0.717) is 16.7 Å². The standard InChI is InChI=1S/C19H29Br/c1-12(2)15-9-10-17(18(11-15)13(3)4)19(20)16-8-6-7-14(16)5/h9-14,16,19H,6-8H2,1-5H3. The van der Waals surface area contributed by atoms with E-state index in [9.17, 15) is 0 Å². The Morgan fingerprint density at radius 2 is 1.70 bits per heavy atom. The molecule has 1 heteroatoms. The highest BCUT2D eigenvalue weighted by molar-refractivity contribution is 9.09. The lowest BCUT2D eigenvalue weighted by Crippen LogP contribution is -2.13. The zero-order valence-corrected chi connectivity index (χ0v) is 15.2. The zero-order valence-electron chi connectivity index (χ0n) is 13.6. The Morgan fingerprint density at radius 1 is 1.00 bits per heavy atom. The van der Waals surface area contributed by atoms with Crippen LogP contribution in [-0.4, -0.2) is 0 Å². The van der Waals surface area contributed by atoms with Crippen molar-refractivity contribution in [1.82, 2.24) is 0 Å². The lowest BCUT2D eigenvalue weighted by Gasteiger charge is -2.26. The van der Waals surface area contributed by atoms with Crippen molar-refractivity contribution in [3.63, 3.8) is 0 Å². The Hall–Kier alpha value is -0.300. The lowest BCUT2D eigenvalue weighted by molar-refractivity contribution is 0.412. The molecule has 0 aliphatic heterocycles. The van der Waals surface area contributed by atoms with Gasteiger partial charge in [0, 0.05) is 4.83 Å². The molecule has 3 unspecified atom stereocenters. The molecule has 0 bridgehead atoms. The molecule has 0 aromatic heterocycles. The average molecular weight is 337 g/mol. The first-order valence-corrected chi connectivity index (χ1v) is 9.11. The quantitative estimate of drug-likeness (QED) is 0.530. The number of hydrogen-bond acceptors (Lipinski definition) is 0. The van der Waals surface area contributed by atoms with Crippen LogP contribution in [0.1, 0.15) is 87.2 Å². The second-order valence-corrected chi connectivity index (χ2v) is 8.16. The van der Waals surface area contributed by atoms with Gasteiger partial charge in [-0.25, -0.2) is 0 Å². The molecule has 1 aliphatic carbocycles. The molecule has 0 radical (unpaired) electrons. The van der Waals surface area contributed by atoms with Crippen LogP contribution in [0.5, 0.6) is 0 Å². The van der Waals surface area contributed by atoms with E-state index >= 15 is 0 Å². The molecule has 0 saturated heterocycles. The van der Waals surface area contributed by atoms with E-state index in [1.165, 1.54) is 36.0 Å². The van der Waals surface area contributed by atoms with Crippen molar-refractivity contribution in [2.24, 2.45) is 11.8 Å². The van der Waals surface area contributed by atoms with E-state index < -0.39 is 0 Å². The van der Waals surface area contributed by atoms with E-state index in [2.05, 4.69) is 68.7 Å². The predicted molar refractivity (Wildman–Crippen MR) is 92.8 cm³/mol. The fourth-order valence-electron chi connectivity index (χ4n) is 3.54. The summed E-state index contributed by atoms with van der Waals surface area (Å²) in [6, 6.07) is 7.16. The van der Waals surface area contributed by atoms with Gasteiger partial charge in [-0.1, -0.05) is 81.6 Å². The van der Waals surface area contributed by atoms with Crippen molar-refractivity contribution in [2.75, 3.05) is 0 Å². The Labute approximate surface area is 133 Å². The van der Waals surface area contributed by atoms with Crippen molar-refractivity contribution < 1.29 is 0 Å². The second-order valence-electron chi connectivity index (χ2n) is 7.17. The molecule has 1 aromatic rings. The van der Waals surface area contributed by atoms with Gasteiger partial charge in [0.05, 0.1) is 0 Å². The van der Waals surface area contributed by atoms with Crippen molar-refractivity contribution in [2.45, 2.75) is 70.5 Å². The highest BCUT2D eigenvalue weighted by atomic mass is 79.9. The van der Waals surface area contributed by atoms with Crippen molar-refractivity contribution >= 4 is 15.9 Å². The zero-order chi connectivity index (χ0) is 14.9. The van der Waals surface area contributed by atoms with Gasteiger partial charge >= 0.3 is 0 Å². The largest absolute Gasteiger partial charge is 0.0836 e. The topological polar surface area (TPSA) is 0 Å². The van der Waals surface area contributed by atoms with Crippen LogP contribution in [0.25, 0.3) is 0 Å². The van der Waals surface area contributed by atoms with Crippen molar-refractivity contribution in [3.8, 4) is 0 Å².